The van der Waals surface area contributed by atoms with Crippen molar-refractivity contribution < 1.29 is 14.7 Å². The number of aromatic amines is 1. The first-order valence-corrected chi connectivity index (χ1v) is 3.67. The maximum atomic E-state index is 11.1. The van der Waals surface area contributed by atoms with Crippen molar-refractivity contribution in [3.8, 4) is 0 Å². The molecule has 0 aliphatic rings. The summed E-state index contributed by atoms with van der Waals surface area (Å²) >= 11 is 0. The normalized spacial score (nSPS) is 11.1. The highest BCUT2D eigenvalue weighted by atomic mass is 16.4. The zero-order valence-electron chi connectivity index (χ0n) is 7.31. The second-order valence-corrected chi connectivity index (χ2v) is 2.46. The number of H-pyrrole nitrogens is 1. The van der Waals surface area contributed by atoms with E-state index in [0.29, 0.717) is 0 Å². The van der Waals surface area contributed by atoms with Crippen molar-refractivity contribution in [3.63, 3.8) is 0 Å². The molecule has 1 rings (SSSR count). The highest BCUT2D eigenvalue weighted by molar-refractivity contribution is 6.03. The van der Waals surface area contributed by atoms with E-state index >= 15 is 0 Å². The summed E-state index contributed by atoms with van der Waals surface area (Å²) in [6, 6.07) is 0. The van der Waals surface area contributed by atoms with Crippen LogP contribution in [0, 0.1) is 0 Å². The topological polar surface area (TPSA) is 108 Å². The summed E-state index contributed by atoms with van der Waals surface area (Å²) < 4.78 is 0. The van der Waals surface area contributed by atoms with Crippen LogP contribution in [0.1, 0.15) is 6.92 Å². The lowest BCUT2D eigenvalue weighted by Crippen LogP contribution is -2.11. The number of nitrogens with one attached hydrogen (secondary N) is 2. The second-order valence-electron chi connectivity index (χ2n) is 2.46. The molecular weight excluding hydrogens is 188 g/mol. The smallest absolute Gasteiger partial charge is 0.331 e. The fraction of sp³-hybridized carbons (Fsp3) is 0.143. The molecule has 0 aliphatic carbocycles. The van der Waals surface area contributed by atoms with Crippen LogP contribution in [0.15, 0.2) is 18.0 Å². The zero-order chi connectivity index (χ0) is 10.6. The molecule has 1 amide bonds. The number of rotatable bonds is 3. The minimum Gasteiger partial charge on any atom is -0.478 e. The summed E-state index contributed by atoms with van der Waals surface area (Å²) in [4.78, 5) is 25.1. The van der Waals surface area contributed by atoms with Gasteiger partial charge in [-0.05, 0) is 6.92 Å². The first kappa shape index (κ1) is 9.90. The third kappa shape index (κ3) is 2.70. The van der Waals surface area contributed by atoms with Gasteiger partial charge in [-0.25, -0.2) is 9.89 Å². The van der Waals surface area contributed by atoms with Gasteiger partial charge in [-0.1, -0.05) is 0 Å². The van der Waals surface area contributed by atoms with E-state index in [9.17, 15) is 9.59 Å². The predicted octanol–water partition coefficient (Wildman–Crippen LogP) is -0.226. The van der Waals surface area contributed by atoms with Crippen LogP contribution in [-0.2, 0) is 9.59 Å². The Hall–Kier alpha value is -2.18. The Labute approximate surface area is 78.9 Å². The van der Waals surface area contributed by atoms with E-state index in [2.05, 4.69) is 20.5 Å². The number of anilines is 1. The molecule has 0 aromatic carbocycles. The molecule has 0 bridgehead atoms. The molecule has 14 heavy (non-hydrogen) atoms. The molecule has 0 saturated carbocycles. The fourth-order valence-corrected chi connectivity index (χ4v) is 0.677. The maximum Gasteiger partial charge on any atom is 0.331 e. The molecule has 0 saturated heterocycles. The first-order chi connectivity index (χ1) is 6.59. The van der Waals surface area contributed by atoms with Crippen molar-refractivity contribution in [3.05, 3.63) is 18.0 Å². The Balaban J connectivity index is 2.60. The van der Waals surface area contributed by atoms with Crippen LogP contribution in [0.3, 0.4) is 0 Å². The van der Waals surface area contributed by atoms with E-state index < -0.39 is 11.9 Å². The molecule has 3 N–H and O–H groups in total. The van der Waals surface area contributed by atoms with Gasteiger partial charge in [-0.15, -0.1) is 0 Å². The number of carbonyl (C=O) groups is 2. The van der Waals surface area contributed by atoms with Gasteiger partial charge < -0.3 is 5.11 Å². The Morgan fingerprint density at radius 2 is 2.36 bits per heavy atom. The molecule has 0 aliphatic heterocycles. The van der Waals surface area contributed by atoms with Crippen LogP contribution in [0.4, 0.5) is 5.95 Å². The van der Waals surface area contributed by atoms with Gasteiger partial charge in [0.2, 0.25) is 5.95 Å². The summed E-state index contributed by atoms with van der Waals surface area (Å²) in [6.07, 6.45) is 2.19. The number of aliphatic carboxylic acids is 1. The van der Waals surface area contributed by atoms with Gasteiger partial charge in [-0.2, -0.15) is 10.1 Å². The van der Waals surface area contributed by atoms with Crippen molar-refractivity contribution in [2.45, 2.75) is 6.92 Å². The monoisotopic (exact) mass is 196 g/mol. The fourth-order valence-electron chi connectivity index (χ4n) is 0.677. The minimum absolute atomic E-state index is 0.0537. The molecule has 7 heteroatoms. The number of hydrogen-bond donors (Lipinski definition) is 3. The van der Waals surface area contributed by atoms with E-state index in [1.165, 1.54) is 13.3 Å². The molecule has 0 fully saturated rings. The van der Waals surface area contributed by atoms with Crippen LogP contribution in [-0.4, -0.2) is 32.2 Å². The average Bonchev–Trinajstić information content (AvgIpc) is 2.56. The van der Waals surface area contributed by atoms with Crippen LogP contribution in [0.25, 0.3) is 0 Å². The van der Waals surface area contributed by atoms with Gasteiger partial charge in [0, 0.05) is 11.6 Å². The Bertz CT molecular complexity index is 368. The molecular formula is C7H8N4O3. The van der Waals surface area contributed by atoms with Gasteiger partial charge in [-0.3, -0.25) is 10.1 Å². The van der Waals surface area contributed by atoms with Crippen molar-refractivity contribution in [1.29, 1.82) is 0 Å². The van der Waals surface area contributed by atoms with Gasteiger partial charge in [0.25, 0.3) is 5.91 Å². The quantitative estimate of drug-likeness (QED) is 0.579. The number of carbonyl (C=O) groups excluding carboxylic acids is 1. The maximum absolute atomic E-state index is 11.1. The Morgan fingerprint density at radius 3 is 2.86 bits per heavy atom. The average molecular weight is 196 g/mol. The number of nitrogens with zero attached hydrogens (tertiary/aromatic N) is 2. The molecule has 7 nitrogen and oxygen atoms in total. The molecule has 74 valence electrons. The second kappa shape index (κ2) is 4.17. The summed E-state index contributed by atoms with van der Waals surface area (Å²) in [5.74, 6) is -1.54. The Morgan fingerprint density at radius 1 is 1.64 bits per heavy atom. The molecule has 1 aromatic heterocycles. The van der Waals surface area contributed by atoms with Gasteiger partial charge >= 0.3 is 5.97 Å². The van der Waals surface area contributed by atoms with Crippen LogP contribution in [0.5, 0.6) is 0 Å². The molecule has 1 aromatic rings. The van der Waals surface area contributed by atoms with E-state index in [1.807, 2.05) is 0 Å². The molecule has 0 unspecified atom stereocenters. The minimum atomic E-state index is -1.14. The first-order valence-electron chi connectivity index (χ1n) is 3.67. The molecule has 0 radical (unpaired) electrons. The third-order valence-corrected chi connectivity index (χ3v) is 1.34. The standard InChI is InChI=1S/C7H8N4O3/c1-4(6(13)14)2-5(12)10-7-8-3-9-11-7/h2-3H,1H3,(H,13,14)(H2,8,9,10,11,12)/b4-2+. The van der Waals surface area contributed by atoms with Gasteiger partial charge in [0.05, 0.1) is 0 Å². The lowest BCUT2D eigenvalue weighted by molar-refractivity contribution is -0.132. The number of hydrogen-bond acceptors (Lipinski definition) is 4. The SMILES string of the molecule is C/C(=C\C(=O)Nc1ncn[nH]1)C(=O)O. The third-order valence-electron chi connectivity index (χ3n) is 1.34. The van der Waals surface area contributed by atoms with Crippen molar-refractivity contribution >= 4 is 17.8 Å². The van der Waals surface area contributed by atoms with Gasteiger partial charge in [0.15, 0.2) is 0 Å². The molecule has 1 heterocycles. The van der Waals surface area contributed by atoms with Crippen LogP contribution < -0.4 is 5.32 Å². The van der Waals surface area contributed by atoms with Crippen LogP contribution >= 0.6 is 0 Å². The highest BCUT2D eigenvalue weighted by Crippen LogP contribution is 1.96. The van der Waals surface area contributed by atoms with E-state index in [0.717, 1.165) is 6.08 Å². The van der Waals surface area contributed by atoms with Crippen molar-refractivity contribution in [1.82, 2.24) is 15.2 Å². The number of amides is 1. The van der Waals surface area contributed by atoms with Crippen LogP contribution in [0.2, 0.25) is 0 Å². The highest BCUT2D eigenvalue weighted by Gasteiger charge is 2.05. The Kier molecular flexibility index (Phi) is 2.95. The van der Waals surface area contributed by atoms with E-state index in [4.69, 9.17) is 5.11 Å². The van der Waals surface area contributed by atoms with E-state index in [-0.39, 0.29) is 11.5 Å². The number of aromatic nitrogens is 3. The summed E-state index contributed by atoms with van der Waals surface area (Å²) in [5, 5.41) is 16.7. The lowest BCUT2D eigenvalue weighted by atomic mass is 10.3. The van der Waals surface area contributed by atoms with Crippen molar-refractivity contribution in [2.75, 3.05) is 5.32 Å². The summed E-state index contributed by atoms with van der Waals surface area (Å²) in [5.41, 5.74) is -0.0537. The van der Waals surface area contributed by atoms with E-state index in [1.54, 1.807) is 0 Å². The summed E-state index contributed by atoms with van der Waals surface area (Å²) in [7, 11) is 0. The number of carboxylic acids is 1. The van der Waals surface area contributed by atoms with Gasteiger partial charge in [0.1, 0.15) is 6.33 Å². The molecule has 0 spiro atoms. The lowest BCUT2D eigenvalue weighted by Gasteiger charge is -1.96. The summed E-state index contributed by atoms with van der Waals surface area (Å²) in [6.45, 7) is 1.32. The predicted molar refractivity (Wildman–Crippen MR) is 46.4 cm³/mol. The zero-order valence-corrected chi connectivity index (χ0v) is 7.31. The molecule has 0 atom stereocenters. The largest absolute Gasteiger partial charge is 0.478 e. The number of carboxylic acid groups (broad SMARTS) is 1. The van der Waals surface area contributed by atoms with Crippen molar-refractivity contribution in [2.24, 2.45) is 0 Å².